The van der Waals surface area contributed by atoms with Gasteiger partial charge in [-0.15, -0.1) is 11.3 Å². The van der Waals surface area contributed by atoms with Crippen LogP contribution in [0.3, 0.4) is 0 Å². The molecule has 0 saturated carbocycles. The molecule has 4 nitrogen and oxygen atoms in total. The van der Waals surface area contributed by atoms with Crippen LogP contribution < -0.4 is 5.32 Å². The number of carbonyl (C=O) groups excluding carboxylic acids is 1. The highest BCUT2D eigenvalue weighted by molar-refractivity contribution is 7.16. The third kappa shape index (κ3) is 3.86. The van der Waals surface area contributed by atoms with E-state index in [2.05, 4.69) is 5.32 Å². The third-order valence-corrected chi connectivity index (χ3v) is 4.32. The van der Waals surface area contributed by atoms with Crippen molar-refractivity contribution in [3.63, 3.8) is 0 Å². The molecule has 1 fully saturated rings. The van der Waals surface area contributed by atoms with Crippen LogP contribution in [0.5, 0.6) is 0 Å². The lowest BCUT2D eigenvalue weighted by Crippen LogP contribution is -2.45. The fourth-order valence-corrected chi connectivity index (χ4v) is 3.05. The van der Waals surface area contributed by atoms with Crippen LogP contribution in [0.1, 0.15) is 17.7 Å². The Morgan fingerprint density at radius 3 is 2.83 bits per heavy atom. The summed E-state index contributed by atoms with van der Waals surface area (Å²) >= 11 is 7.38. The van der Waals surface area contributed by atoms with Gasteiger partial charge in [0.05, 0.1) is 10.4 Å². The van der Waals surface area contributed by atoms with Gasteiger partial charge in [0.1, 0.15) is 0 Å². The highest BCUT2D eigenvalue weighted by atomic mass is 35.5. The molecule has 2 N–H and O–H groups in total. The summed E-state index contributed by atoms with van der Waals surface area (Å²) in [4.78, 5) is 14.7. The number of aliphatic hydroxyl groups excluding tert-OH is 1. The Kier molecular flexibility index (Phi) is 4.86. The fourth-order valence-electron chi connectivity index (χ4n) is 1.96. The van der Waals surface area contributed by atoms with E-state index < -0.39 is 0 Å². The highest BCUT2D eigenvalue weighted by Crippen LogP contribution is 2.21. The van der Waals surface area contributed by atoms with Crippen LogP contribution >= 0.6 is 22.9 Å². The van der Waals surface area contributed by atoms with Crippen molar-refractivity contribution in [3.05, 3.63) is 21.3 Å². The van der Waals surface area contributed by atoms with E-state index in [1.54, 1.807) is 16.2 Å². The van der Waals surface area contributed by atoms with Gasteiger partial charge in [0.2, 0.25) is 0 Å². The number of likely N-dealkylation sites (tertiary alicyclic amines) is 1. The first-order valence-corrected chi connectivity index (χ1v) is 7.29. The van der Waals surface area contributed by atoms with Crippen LogP contribution in [0.25, 0.3) is 0 Å². The Labute approximate surface area is 116 Å². The van der Waals surface area contributed by atoms with Crippen LogP contribution in [-0.4, -0.2) is 41.8 Å². The molecular weight excluding hydrogens is 272 g/mol. The molecule has 0 radical (unpaired) electrons. The van der Waals surface area contributed by atoms with Gasteiger partial charge >= 0.3 is 6.03 Å². The zero-order valence-electron chi connectivity index (χ0n) is 10.1. The van der Waals surface area contributed by atoms with Gasteiger partial charge in [0.25, 0.3) is 0 Å². The van der Waals surface area contributed by atoms with Gasteiger partial charge in [0, 0.05) is 24.5 Å². The lowest BCUT2D eigenvalue weighted by Gasteiger charge is -2.29. The van der Waals surface area contributed by atoms with Gasteiger partial charge in [-0.3, -0.25) is 0 Å². The van der Waals surface area contributed by atoms with Crippen LogP contribution in [0.15, 0.2) is 12.1 Å². The van der Waals surface area contributed by atoms with Gasteiger partial charge in [-0.1, -0.05) is 11.6 Å². The minimum atomic E-state index is -0.248. The molecule has 0 unspecified atom stereocenters. The summed E-state index contributed by atoms with van der Waals surface area (Å²) in [7, 11) is 0. The summed E-state index contributed by atoms with van der Waals surface area (Å²) in [6.07, 6.45) is 1.91. The van der Waals surface area contributed by atoms with Crippen molar-refractivity contribution in [2.24, 2.45) is 0 Å². The van der Waals surface area contributed by atoms with E-state index in [1.807, 2.05) is 12.1 Å². The second-order valence-corrected chi connectivity index (χ2v) is 6.21. The van der Waals surface area contributed by atoms with Gasteiger partial charge in [-0.25, -0.2) is 4.79 Å². The average Bonchev–Trinajstić information content (AvgIpc) is 2.76. The average molecular weight is 289 g/mol. The predicted octanol–water partition coefficient (Wildman–Crippen LogP) is 2.11. The third-order valence-electron chi connectivity index (χ3n) is 3.03. The Hall–Kier alpha value is -0.780. The number of carbonyl (C=O) groups is 1. The first kappa shape index (κ1) is 13.6. The Morgan fingerprint density at radius 1 is 1.50 bits per heavy atom. The van der Waals surface area contributed by atoms with Crippen molar-refractivity contribution in [2.45, 2.75) is 25.4 Å². The summed E-state index contributed by atoms with van der Waals surface area (Å²) in [6, 6.07) is 3.82. The molecule has 100 valence electrons. The summed E-state index contributed by atoms with van der Waals surface area (Å²) in [5, 5.41) is 12.3. The van der Waals surface area contributed by atoms with Crippen molar-refractivity contribution in [1.29, 1.82) is 0 Å². The zero-order chi connectivity index (χ0) is 13.0. The van der Waals surface area contributed by atoms with Crippen molar-refractivity contribution in [1.82, 2.24) is 10.2 Å². The number of nitrogens with zero attached hydrogens (tertiary/aromatic N) is 1. The Bertz CT molecular complexity index is 403. The molecule has 18 heavy (non-hydrogen) atoms. The second-order valence-electron chi connectivity index (χ2n) is 4.41. The molecule has 2 heterocycles. The van der Waals surface area contributed by atoms with Crippen molar-refractivity contribution < 1.29 is 9.90 Å². The number of hydrogen-bond donors (Lipinski definition) is 2. The number of urea groups is 1. The first-order valence-electron chi connectivity index (χ1n) is 6.10. The predicted molar refractivity (Wildman–Crippen MR) is 73.2 cm³/mol. The minimum Gasteiger partial charge on any atom is -0.393 e. The molecule has 0 atom stereocenters. The van der Waals surface area contributed by atoms with Gasteiger partial charge < -0.3 is 15.3 Å². The van der Waals surface area contributed by atoms with E-state index in [1.165, 1.54) is 4.88 Å². The molecule has 6 heteroatoms. The molecule has 1 saturated heterocycles. The summed E-state index contributed by atoms with van der Waals surface area (Å²) in [6.45, 7) is 1.89. The van der Waals surface area contributed by atoms with Gasteiger partial charge in [-0.05, 0) is 31.4 Å². The van der Waals surface area contributed by atoms with Gasteiger partial charge in [-0.2, -0.15) is 0 Å². The number of hydrogen-bond acceptors (Lipinski definition) is 3. The van der Waals surface area contributed by atoms with E-state index in [9.17, 15) is 9.90 Å². The lowest BCUT2D eigenvalue weighted by atomic mass is 10.1. The normalized spacial score (nSPS) is 16.9. The smallest absolute Gasteiger partial charge is 0.317 e. The number of aliphatic hydroxyl groups is 1. The quantitative estimate of drug-likeness (QED) is 0.895. The number of rotatable bonds is 3. The largest absolute Gasteiger partial charge is 0.393 e. The van der Waals surface area contributed by atoms with E-state index in [4.69, 9.17) is 11.6 Å². The van der Waals surface area contributed by atoms with Crippen LogP contribution in [-0.2, 0) is 6.42 Å². The Balaban J connectivity index is 1.68. The molecule has 2 amide bonds. The summed E-state index contributed by atoms with van der Waals surface area (Å²) in [5.74, 6) is 0. The maximum atomic E-state index is 11.8. The topological polar surface area (TPSA) is 52.6 Å². The summed E-state index contributed by atoms with van der Waals surface area (Å²) in [5.41, 5.74) is 0. The lowest BCUT2D eigenvalue weighted by molar-refractivity contribution is 0.0938. The molecule has 0 aromatic carbocycles. The van der Waals surface area contributed by atoms with Crippen molar-refractivity contribution in [2.75, 3.05) is 19.6 Å². The maximum Gasteiger partial charge on any atom is 0.317 e. The summed E-state index contributed by atoms with van der Waals surface area (Å²) < 4.78 is 0.779. The van der Waals surface area contributed by atoms with E-state index in [0.29, 0.717) is 32.5 Å². The second kappa shape index (κ2) is 6.41. The number of amides is 2. The van der Waals surface area contributed by atoms with Gasteiger partial charge in [0.15, 0.2) is 0 Å². The minimum absolute atomic E-state index is 0.0375. The molecule has 2 rings (SSSR count). The van der Waals surface area contributed by atoms with Crippen molar-refractivity contribution in [3.8, 4) is 0 Å². The van der Waals surface area contributed by atoms with E-state index in [-0.39, 0.29) is 12.1 Å². The van der Waals surface area contributed by atoms with E-state index in [0.717, 1.165) is 10.8 Å². The fraction of sp³-hybridized carbons (Fsp3) is 0.583. The number of piperidine rings is 1. The van der Waals surface area contributed by atoms with Crippen LogP contribution in [0, 0.1) is 0 Å². The first-order chi connectivity index (χ1) is 8.65. The number of nitrogens with one attached hydrogen (secondary N) is 1. The number of halogens is 1. The molecule has 0 spiro atoms. The van der Waals surface area contributed by atoms with Crippen LogP contribution in [0.4, 0.5) is 4.79 Å². The molecule has 0 aliphatic carbocycles. The molecule has 1 aromatic rings. The molecule has 1 aliphatic heterocycles. The molecule has 1 aliphatic rings. The molecular formula is C12H17ClN2O2S. The zero-order valence-corrected chi connectivity index (χ0v) is 11.6. The standard InChI is InChI=1S/C12H17ClN2O2S/c13-11-2-1-10(18-11)3-6-14-12(17)15-7-4-9(16)5-8-15/h1-2,9,16H,3-8H2,(H,14,17). The van der Waals surface area contributed by atoms with E-state index >= 15 is 0 Å². The molecule has 0 bridgehead atoms. The number of thiophene rings is 1. The molecule has 1 aromatic heterocycles. The maximum absolute atomic E-state index is 11.8. The van der Waals surface area contributed by atoms with Crippen LogP contribution in [0.2, 0.25) is 4.34 Å². The highest BCUT2D eigenvalue weighted by Gasteiger charge is 2.20. The van der Waals surface area contributed by atoms with Crippen molar-refractivity contribution >= 4 is 29.0 Å². The Morgan fingerprint density at radius 2 is 2.22 bits per heavy atom. The SMILES string of the molecule is O=C(NCCc1ccc(Cl)s1)N1CCC(O)CC1. The monoisotopic (exact) mass is 288 g/mol.